The van der Waals surface area contributed by atoms with Crippen molar-refractivity contribution < 1.29 is 13.2 Å². The lowest BCUT2D eigenvalue weighted by Crippen LogP contribution is -2.04. The standard InChI is InChI=1S/C9H5ClF3N/c1-5-7(10)3-6(9(11,12)13)4-8(5)14-2/h3-4H,1H3. The second-order valence-corrected chi connectivity index (χ2v) is 3.12. The van der Waals surface area contributed by atoms with Crippen LogP contribution in [0.1, 0.15) is 11.1 Å². The Morgan fingerprint density at radius 1 is 1.36 bits per heavy atom. The first-order valence-electron chi connectivity index (χ1n) is 3.61. The van der Waals surface area contributed by atoms with E-state index in [1.807, 2.05) is 0 Å². The molecule has 0 unspecified atom stereocenters. The number of nitrogens with zero attached hydrogens (tertiary/aromatic N) is 1. The minimum Gasteiger partial charge on any atom is -0.238 e. The van der Waals surface area contributed by atoms with Gasteiger partial charge in [-0.2, -0.15) is 13.2 Å². The molecule has 0 aliphatic heterocycles. The third kappa shape index (κ3) is 1.99. The summed E-state index contributed by atoms with van der Waals surface area (Å²) in [5, 5.41) is -0.0363. The van der Waals surface area contributed by atoms with Gasteiger partial charge in [-0.15, -0.1) is 0 Å². The SMILES string of the molecule is [C-]#[N+]c1cc(C(F)(F)F)cc(Cl)c1C. The smallest absolute Gasteiger partial charge is 0.238 e. The molecule has 0 fully saturated rings. The zero-order valence-electron chi connectivity index (χ0n) is 7.11. The van der Waals surface area contributed by atoms with Gasteiger partial charge in [0, 0.05) is 10.6 Å². The quantitative estimate of drug-likeness (QED) is 0.576. The van der Waals surface area contributed by atoms with Crippen LogP contribution in [0.5, 0.6) is 0 Å². The van der Waals surface area contributed by atoms with Crippen LogP contribution in [0.15, 0.2) is 12.1 Å². The molecule has 1 rings (SSSR count). The van der Waals surface area contributed by atoms with E-state index < -0.39 is 11.7 Å². The summed E-state index contributed by atoms with van der Waals surface area (Å²) in [5.74, 6) is 0. The average Bonchev–Trinajstić information content (AvgIpc) is 2.07. The Morgan fingerprint density at radius 3 is 2.36 bits per heavy atom. The monoisotopic (exact) mass is 219 g/mol. The van der Waals surface area contributed by atoms with E-state index in [-0.39, 0.29) is 10.7 Å². The molecule has 0 bridgehead atoms. The van der Waals surface area contributed by atoms with E-state index in [0.717, 1.165) is 12.1 Å². The fourth-order valence-corrected chi connectivity index (χ4v) is 1.16. The van der Waals surface area contributed by atoms with Crippen molar-refractivity contribution in [3.63, 3.8) is 0 Å². The highest BCUT2D eigenvalue weighted by molar-refractivity contribution is 6.31. The number of alkyl halides is 3. The van der Waals surface area contributed by atoms with Crippen LogP contribution in [0.25, 0.3) is 4.85 Å². The maximum atomic E-state index is 12.3. The van der Waals surface area contributed by atoms with Gasteiger partial charge in [-0.3, -0.25) is 0 Å². The molecule has 5 heteroatoms. The maximum Gasteiger partial charge on any atom is 0.415 e. The molecular formula is C9H5ClF3N. The molecule has 14 heavy (non-hydrogen) atoms. The normalized spacial score (nSPS) is 11.1. The van der Waals surface area contributed by atoms with Crippen molar-refractivity contribution in [3.8, 4) is 0 Å². The highest BCUT2D eigenvalue weighted by Gasteiger charge is 2.31. The molecule has 0 N–H and O–H groups in total. The topological polar surface area (TPSA) is 4.36 Å². The van der Waals surface area contributed by atoms with Crippen molar-refractivity contribution in [2.24, 2.45) is 0 Å². The van der Waals surface area contributed by atoms with Crippen molar-refractivity contribution >= 4 is 17.3 Å². The van der Waals surface area contributed by atoms with E-state index in [0.29, 0.717) is 5.56 Å². The van der Waals surface area contributed by atoms with Crippen LogP contribution in [0.4, 0.5) is 18.9 Å². The summed E-state index contributed by atoms with van der Waals surface area (Å²) >= 11 is 5.56. The summed E-state index contributed by atoms with van der Waals surface area (Å²) < 4.78 is 36.8. The number of halogens is 4. The molecule has 0 aromatic heterocycles. The molecule has 0 spiro atoms. The van der Waals surface area contributed by atoms with Crippen LogP contribution in [0.2, 0.25) is 5.02 Å². The van der Waals surface area contributed by atoms with Gasteiger partial charge in [-0.25, -0.2) is 4.85 Å². The Hall–Kier alpha value is -1.21. The fraction of sp³-hybridized carbons (Fsp3) is 0.222. The van der Waals surface area contributed by atoms with Gasteiger partial charge in [0.15, 0.2) is 5.69 Å². The first-order chi connectivity index (χ1) is 6.36. The van der Waals surface area contributed by atoms with Gasteiger partial charge >= 0.3 is 6.18 Å². The Balaban J connectivity index is 3.40. The van der Waals surface area contributed by atoms with E-state index in [2.05, 4.69) is 4.85 Å². The van der Waals surface area contributed by atoms with E-state index in [4.69, 9.17) is 18.2 Å². The number of rotatable bonds is 0. The van der Waals surface area contributed by atoms with Gasteiger partial charge in [0.2, 0.25) is 0 Å². The van der Waals surface area contributed by atoms with E-state index >= 15 is 0 Å². The summed E-state index contributed by atoms with van der Waals surface area (Å²) in [6.45, 7) is 8.19. The van der Waals surface area contributed by atoms with Crippen molar-refractivity contribution in [2.75, 3.05) is 0 Å². The predicted molar refractivity (Wildman–Crippen MR) is 47.5 cm³/mol. The van der Waals surface area contributed by atoms with Crippen LogP contribution >= 0.6 is 11.6 Å². The molecule has 0 atom stereocenters. The van der Waals surface area contributed by atoms with E-state index in [1.165, 1.54) is 6.92 Å². The van der Waals surface area contributed by atoms with Crippen LogP contribution in [0.3, 0.4) is 0 Å². The number of hydrogen-bond donors (Lipinski definition) is 0. The zero-order valence-corrected chi connectivity index (χ0v) is 7.87. The first-order valence-corrected chi connectivity index (χ1v) is 3.99. The van der Waals surface area contributed by atoms with Crippen molar-refractivity contribution in [3.05, 3.63) is 39.7 Å². The molecule has 1 nitrogen and oxygen atoms in total. The molecule has 0 aliphatic carbocycles. The van der Waals surface area contributed by atoms with Gasteiger partial charge in [0.1, 0.15) is 0 Å². The lowest BCUT2D eigenvalue weighted by molar-refractivity contribution is -0.137. The second-order valence-electron chi connectivity index (χ2n) is 2.71. The van der Waals surface area contributed by atoms with Gasteiger partial charge in [-0.05, 0) is 24.6 Å². The molecule has 0 heterocycles. The predicted octanol–water partition coefficient (Wildman–Crippen LogP) is 4.22. The summed E-state index contributed by atoms with van der Waals surface area (Å²) in [5.41, 5.74) is -0.585. The lowest BCUT2D eigenvalue weighted by atomic mass is 10.1. The summed E-state index contributed by atoms with van der Waals surface area (Å²) in [7, 11) is 0. The number of benzene rings is 1. The minimum atomic E-state index is -4.46. The highest BCUT2D eigenvalue weighted by Crippen LogP contribution is 2.36. The summed E-state index contributed by atoms with van der Waals surface area (Å²) in [4.78, 5) is 2.97. The fourth-order valence-electron chi connectivity index (χ4n) is 0.944. The number of hydrogen-bond acceptors (Lipinski definition) is 0. The maximum absolute atomic E-state index is 12.3. The largest absolute Gasteiger partial charge is 0.415 e. The Labute approximate surface area is 83.9 Å². The van der Waals surface area contributed by atoms with E-state index in [1.54, 1.807) is 0 Å². The minimum absolute atomic E-state index is 0.0363. The van der Waals surface area contributed by atoms with Gasteiger partial charge in [0.05, 0.1) is 6.57 Å². The molecule has 0 radical (unpaired) electrons. The van der Waals surface area contributed by atoms with Crippen molar-refractivity contribution in [1.82, 2.24) is 0 Å². The molecule has 0 aliphatic rings. The second kappa shape index (κ2) is 3.50. The summed E-state index contributed by atoms with van der Waals surface area (Å²) in [6, 6.07) is 1.62. The van der Waals surface area contributed by atoms with Crippen molar-refractivity contribution in [1.29, 1.82) is 0 Å². The van der Waals surface area contributed by atoms with Crippen LogP contribution in [-0.2, 0) is 6.18 Å². The molecule has 1 aromatic rings. The van der Waals surface area contributed by atoms with Crippen LogP contribution in [0, 0.1) is 13.5 Å². The Morgan fingerprint density at radius 2 is 1.93 bits per heavy atom. The lowest BCUT2D eigenvalue weighted by Gasteiger charge is -2.09. The molecule has 0 amide bonds. The molecule has 1 aromatic carbocycles. The molecular weight excluding hydrogens is 215 g/mol. The third-order valence-corrected chi connectivity index (χ3v) is 2.16. The molecule has 0 saturated carbocycles. The Bertz CT molecular complexity index is 404. The first kappa shape index (κ1) is 10.9. The van der Waals surface area contributed by atoms with Crippen molar-refractivity contribution in [2.45, 2.75) is 13.1 Å². The molecule has 74 valence electrons. The Kier molecular flexibility index (Phi) is 2.72. The van der Waals surface area contributed by atoms with Gasteiger partial charge in [0.25, 0.3) is 0 Å². The zero-order chi connectivity index (χ0) is 10.9. The van der Waals surface area contributed by atoms with Crippen LogP contribution < -0.4 is 0 Å². The van der Waals surface area contributed by atoms with E-state index in [9.17, 15) is 13.2 Å². The van der Waals surface area contributed by atoms with Gasteiger partial charge < -0.3 is 0 Å². The summed E-state index contributed by atoms with van der Waals surface area (Å²) in [6.07, 6.45) is -4.46. The van der Waals surface area contributed by atoms with Crippen LogP contribution in [-0.4, -0.2) is 0 Å². The average molecular weight is 220 g/mol. The molecule has 0 saturated heterocycles. The third-order valence-electron chi connectivity index (χ3n) is 1.76. The highest BCUT2D eigenvalue weighted by atomic mass is 35.5. The van der Waals surface area contributed by atoms with Gasteiger partial charge in [-0.1, -0.05) is 11.6 Å².